The number of nitrogens with zero attached hydrogens (tertiary/aromatic N) is 3. The highest BCUT2D eigenvalue weighted by molar-refractivity contribution is 5.89. The van der Waals surface area contributed by atoms with Crippen LogP contribution in [0.5, 0.6) is 0 Å². The predicted octanol–water partition coefficient (Wildman–Crippen LogP) is 1.62. The van der Waals surface area contributed by atoms with Gasteiger partial charge in [-0.2, -0.15) is 0 Å². The number of pyridine rings is 1. The van der Waals surface area contributed by atoms with Crippen LogP contribution in [0.3, 0.4) is 0 Å². The average molecular weight is 409 g/mol. The molecule has 0 aliphatic carbocycles. The standard InChI is InChI=1S/C23H28N4O3/c28-22-14-19(16-27(22)17-20-8-4-5-9-24-20)23(29)25-15-21(18-6-2-1-3-7-18)26-10-12-30-13-11-26/h1-9,19,21H,10-17H2,(H,25,29). The minimum absolute atomic E-state index is 0.00796. The van der Waals surface area contributed by atoms with Gasteiger partial charge in [0.05, 0.1) is 37.4 Å². The number of ether oxygens (including phenoxy) is 1. The van der Waals surface area contributed by atoms with Crippen LogP contribution >= 0.6 is 0 Å². The summed E-state index contributed by atoms with van der Waals surface area (Å²) in [6, 6.07) is 16.0. The van der Waals surface area contributed by atoms with Gasteiger partial charge >= 0.3 is 0 Å². The zero-order chi connectivity index (χ0) is 20.8. The Morgan fingerprint density at radius 3 is 2.63 bits per heavy atom. The van der Waals surface area contributed by atoms with E-state index in [1.165, 1.54) is 5.56 Å². The van der Waals surface area contributed by atoms with Crippen LogP contribution in [0.4, 0.5) is 0 Å². The van der Waals surface area contributed by atoms with Crippen molar-refractivity contribution in [1.29, 1.82) is 0 Å². The summed E-state index contributed by atoms with van der Waals surface area (Å²) >= 11 is 0. The molecule has 2 unspecified atom stereocenters. The summed E-state index contributed by atoms with van der Waals surface area (Å²) in [6.45, 7) is 4.50. The van der Waals surface area contributed by atoms with Crippen LogP contribution in [0.1, 0.15) is 23.7 Å². The van der Waals surface area contributed by atoms with Crippen molar-refractivity contribution < 1.29 is 14.3 Å². The fraction of sp³-hybridized carbons (Fsp3) is 0.435. The van der Waals surface area contributed by atoms with Gasteiger partial charge in [-0.25, -0.2) is 0 Å². The van der Waals surface area contributed by atoms with Crippen molar-refractivity contribution in [2.24, 2.45) is 5.92 Å². The molecule has 1 aromatic heterocycles. The first-order valence-electron chi connectivity index (χ1n) is 10.5. The molecule has 7 nitrogen and oxygen atoms in total. The molecule has 2 saturated heterocycles. The lowest BCUT2D eigenvalue weighted by Gasteiger charge is -2.35. The molecule has 2 aliphatic heterocycles. The molecule has 30 heavy (non-hydrogen) atoms. The van der Waals surface area contributed by atoms with E-state index in [4.69, 9.17) is 4.74 Å². The fourth-order valence-electron chi connectivity index (χ4n) is 4.15. The highest BCUT2D eigenvalue weighted by atomic mass is 16.5. The van der Waals surface area contributed by atoms with Gasteiger partial charge in [-0.05, 0) is 17.7 Å². The number of carbonyl (C=O) groups excluding carboxylic acids is 2. The molecular weight excluding hydrogens is 380 g/mol. The SMILES string of the molecule is O=C(NCC(c1ccccc1)N1CCOCC1)C1CC(=O)N(Cc2ccccn2)C1. The highest BCUT2D eigenvalue weighted by Crippen LogP contribution is 2.23. The molecule has 0 saturated carbocycles. The number of rotatable bonds is 7. The molecule has 1 aromatic carbocycles. The van der Waals surface area contributed by atoms with Crippen LogP contribution in [0.2, 0.25) is 0 Å². The number of amides is 2. The lowest BCUT2D eigenvalue weighted by molar-refractivity contribution is -0.129. The normalized spacial score (nSPS) is 20.9. The lowest BCUT2D eigenvalue weighted by Crippen LogP contribution is -2.45. The summed E-state index contributed by atoms with van der Waals surface area (Å²) in [5.41, 5.74) is 2.02. The summed E-state index contributed by atoms with van der Waals surface area (Å²) in [7, 11) is 0. The summed E-state index contributed by atoms with van der Waals surface area (Å²) in [5.74, 6) is -0.364. The summed E-state index contributed by atoms with van der Waals surface area (Å²) in [5, 5.41) is 3.11. The summed E-state index contributed by atoms with van der Waals surface area (Å²) in [6.07, 6.45) is 1.97. The molecule has 1 N–H and O–H groups in total. The highest BCUT2D eigenvalue weighted by Gasteiger charge is 2.35. The Labute approximate surface area is 177 Å². The van der Waals surface area contributed by atoms with Gasteiger partial charge in [0, 0.05) is 38.8 Å². The van der Waals surface area contributed by atoms with Crippen molar-refractivity contribution in [3.63, 3.8) is 0 Å². The van der Waals surface area contributed by atoms with E-state index in [2.05, 4.69) is 27.3 Å². The first kappa shape index (κ1) is 20.5. The maximum Gasteiger partial charge on any atom is 0.225 e. The Morgan fingerprint density at radius 2 is 1.90 bits per heavy atom. The third-order valence-corrected chi connectivity index (χ3v) is 5.80. The third kappa shape index (κ3) is 5.04. The smallest absolute Gasteiger partial charge is 0.225 e. The largest absolute Gasteiger partial charge is 0.379 e. The van der Waals surface area contributed by atoms with E-state index in [9.17, 15) is 9.59 Å². The van der Waals surface area contributed by atoms with Crippen molar-refractivity contribution in [2.75, 3.05) is 39.4 Å². The number of nitrogens with one attached hydrogen (secondary N) is 1. The van der Waals surface area contributed by atoms with Crippen LogP contribution in [-0.2, 0) is 20.9 Å². The number of benzene rings is 1. The topological polar surface area (TPSA) is 74.8 Å². The minimum Gasteiger partial charge on any atom is -0.379 e. The lowest BCUT2D eigenvalue weighted by atomic mass is 10.0. The maximum absolute atomic E-state index is 12.9. The van der Waals surface area contributed by atoms with Gasteiger partial charge in [0.1, 0.15) is 0 Å². The van der Waals surface area contributed by atoms with Crippen LogP contribution in [0.15, 0.2) is 54.7 Å². The number of hydrogen-bond acceptors (Lipinski definition) is 5. The summed E-state index contributed by atoms with van der Waals surface area (Å²) < 4.78 is 5.49. The molecule has 3 heterocycles. The van der Waals surface area contributed by atoms with Crippen molar-refractivity contribution in [3.8, 4) is 0 Å². The molecule has 2 aliphatic rings. The van der Waals surface area contributed by atoms with E-state index in [1.54, 1.807) is 11.1 Å². The molecule has 2 amide bonds. The predicted molar refractivity (Wildman–Crippen MR) is 112 cm³/mol. The third-order valence-electron chi connectivity index (χ3n) is 5.80. The van der Waals surface area contributed by atoms with Gasteiger partial charge < -0.3 is 15.0 Å². The number of carbonyl (C=O) groups is 2. The summed E-state index contributed by atoms with van der Waals surface area (Å²) in [4.78, 5) is 33.6. The van der Waals surface area contributed by atoms with Crippen LogP contribution < -0.4 is 5.32 Å². The van der Waals surface area contributed by atoms with Gasteiger partial charge in [-0.3, -0.25) is 19.5 Å². The second-order valence-electron chi connectivity index (χ2n) is 7.82. The van der Waals surface area contributed by atoms with Crippen molar-refractivity contribution >= 4 is 11.8 Å². The first-order valence-corrected chi connectivity index (χ1v) is 10.5. The maximum atomic E-state index is 12.9. The average Bonchev–Trinajstić information content (AvgIpc) is 3.16. The van der Waals surface area contributed by atoms with Crippen molar-refractivity contribution in [1.82, 2.24) is 20.1 Å². The van der Waals surface area contributed by atoms with Gasteiger partial charge in [-0.1, -0.05) is 36.4 Å². The van der Waals surface area contributed by atoms with Gasteiger partial charge in [0.15, 0.2) is 0 Å². The van der Waals surface area contributed by atoms with E-state index < -0.39 is 0 Å². The molecule has 4 rings (SSSR count). The Kier molecular flexibility index (Phi) is 6.71. The van der Waals surface area contributed by atoms with Crippen molar-refractivity contribution in [2.45, 2.75) is 19.0 Å². The number of morpholine rings is 1. The molecule has 2 aromatic rings. The van der Waals surface area contributed by atoms with E-state index in [1.807, 2.05) is 36.4 Å². The zero-order valence-electron chi connectivity index (χ0n) is 17.1. The molecule has 0 spiro atoms. The molecular formula is C23H28N4O3. The molecule has 2 fully saturated rings. The molecule has 158 valence electrons. The Bertz CT molecular complexity index is 840. The monoisotopic (exact) mass is 408 g/mol. The molecule has 0 radical (unpaired) electrons. The molecule has 2 atom stereocenters. The number of aromatic nitrogens is 1. The van der Waals surface area contributed by atoms with Crippen LogP contribution in [0, 0.1) is 5.92 Å². The molecule has 7 heteroatoms. The van der Waals surface area contributed by atoms with E-state index in [0.717, 1.165) is 18.8 Å². The Morgan fingerprint density at radius 1 is 1.13 bits per heavy atom. The zero-order valence-corrected chi connectivity index (χ0v) is 17.1. The number of likely N-dealkylation sites (tertiary alicyclic amines) is 1. The second-order valence-corrected chi connectivity index (χ2v) is 7.82. The minimum atomic E-state index is -0.317. The van der Waals surface area contributed by atoms with Gasteiger partial charge in [0.2, 0.25) is 11.8 Å². The van der Waals surface area contributed by atoms with E-state index >= 15 is 0 Å². The number of hydrogen-bond donors (Lipinski definition) is 1. The van der Waals surface area contributed by atoms with E-state index in [-0.39, 0.29) is 30.2 Å². The fourth-order valence-corrected chi connectivity index (χ4v) is 4.15. The van der Waals surface area contributed by atoms with E-state index in [0.29, 0.717) is 32.8 Å². The quantitative estimate of drug-likeness (QED) is 0.754. The van der Waals surface area contributed by atoms with Gasteiger partial charge in [0.25, 0.3) is 0 Å². The Balaban J connectivity index is 1.36. The van der Waals surface area contributed by atoms with Crippen molar-refractivity contribution in [3.05, 3.63) is 66.0 Å². The Hall–Kier alpha value is -2.77. The van der Waals surface area contributed by atoms with Gasteiger partial charge in [-0.15, -0.1) is 0 Å². The van der Waals surface area contributed by atoms with Crippen LogP contribution in [0.25, 0.3) is 0 Å². The van der Waals surface area contributed by atoms with Crippen LogP contribution in [-0.4, -0.2) is 66.0 Å². The second kappa shape index (κ2) is 9.82. The first-order chi connectivity index (χ1) is 14.7. The molecule has 0 bridgehead atoms.